The average Bonchev–Trinajstić information content (AvgIpc) is 2.43. The number of hydroxylamine groups is 1. The first kappa shape index (κ1) is 13.7. The lowest BCUT2D eigenvalue weighted by molar-refractivity contribution is -0.0765. The van der Waals surface area contributed by atoms with Gasteiger partial charge in [0.15, 0.2) is 0 Å². The van der Waals surface area contributed by atoms with Gasteiger partial charge in [-0.25, -0.2) is 0 Å². The monoisotopic (exact) mass is 289 g/mol. The standard InChI is InChI=1S/C11H20BrN3O/c1-6-15-9(10(12)8(2)14-15)7-13-16-11(3,4)5/h13H,6-7H2,1-5H3. The van der Waals surface area contributed by atoms with Gasteiger partial charge in [0.2, 0.25) is 0 Å². The number of nitrogens with zero attached hydrogens (tertiary/aromatic N) is 2. The Kier molecular flexibility index (Phi) is 4.52. The van der Waals surface area contributed by atoms with Crippen molar-refractivity contribution in [2.24, 2.45) is 0 Å². The van der Waals surface area contributed by atoms with E-state index >= 15 is 0 Å². The van der Waals surface area contributed by atoms with Crippen LogP contribution in [-0.4, -0.2) is 15.4 Å². The van der Waals surface area contributed by atoms with Gasteiger partial charge in [0, 0.05) is 6.54 Å². The lowest BCUT2D eigenvalue weighted by Crippen LogP contribution is -2.29. The molecule has 0 saturated carbocycles. The molecule has 16 heavy (non-hydrogen) atoms. The second-order valence-corrected chi connectivity index (χ2v) is 5.49. The van der Waals surface area contributed by atoms with Gasteiger partial charge in [0.05, 0.1) is 28.0 Å². The van der Waals surface area contributed by atoms with E-state index in [1.54, 1.807) is 0 Å². The van der Waals surface area contributed by atoms with Crippen LogP contribution in [0.25, 0.3) is 0 Å². The van der Waals surface area contributed by atoms with Gasteiger partial charge in [0.1, 0.15) is 0 Å². The van der Waals surface area contributed by atoms with Gasteiger partial charge in [-0.2, -0.15) is 10.6 Å². The predicted octanol–water partition coefficient (Wildman–Crippen LogP) is 2.79. The lowest BCUT2D eigenvalue weighted by Gasteiger charge is -2.19. The summed E-state index contributed by atoms with van der Waals surface area (Å²) in [5, 5.41) is 4.42. The van der Waals surface area contributed by atoms with E-state index in [2.05, 4.69) is 33.4 Å². The Labute approximate surface area is 105 Å². The van der Waals surface area contributed by atoms with Crippen LogP contribution in [0.3, 0.4) is 0 Å². The minimum atomic E-state index is -0.182. The Morgan fingerprint density at radius 1 is 1.44 bits per heavy atom. The van der Waals surface area contributed by atoms with Gasteiger partial charge in [0.25, 0.3) is 0 Å². The summed E-state index contributed by atoms with van der Waals surface area (Å²) in [5.41, 5.74) is 4.92. The van der Waals surface area contributed by atoms with Crippen molar-refractivity contribution in [2.75, 3.05) is 0 Å². The number of aryl methyl sites for hydroxylation is 2. The molecule has 0 fully saturated rings. The zero-order chi connectivity index (χ0) is 12.3. The molecule has 0 aliphatic carbocycles. The number of rotatable bonds is 4. The zero-order valence-electron chi connectivity index (χ0n) is 10.6. The average molecular weight is 290 g/mol. The maximum Gasteiger partial charge on any atom is 0.0813 e. The van der Waals surface area contributed by atoms with Gasteiger partial charge in [-0.15, -0.1) is 0 Å². The van der Waals surface area contributed by atoms with Crippen LogP contribution in [0.15, 0.2) is 4.47 Å². The van der Waals surface area contributed by atoms with Crippen LogP contribution in [0.1, 0.15) is 39.1 Å². The molecule has 0 spiro atoms. The van der Waals surface area contributed by atoms with E-state index in [4.69, 9.17) is 4.84 Å². The van der Waals surface area contributed by atoms with Gasteiger partial charge in [-0.05, 0) is 50.5 Å². The minimum absolute atomic E-state index is 0.182. The molecular weight excluding hydrogens is 270 g/mol. The fourth-order valence-corrected chi connectivity index (χ4v) is 1.78. The summed E-state index contributed by atoms with van der Waals surface area (Å²) in [5.74, 6) is 0. The van der Waals surface area contributed by atoms with Crippen LogP contribution < -0.4 is 5.48 Å². The molecule has 0 unspecified atom stereocenters. The Hall–Kier alpha value is -0.390. The molecule has 0 saturated heterocycles. The third kappa shape index (κ3) is 3.57. The van der Waals surface area contributed by atoms with Gasteiger partial charge in [-0.3, -0.25) is 9.52 Å². The van der Waals surface area contributed by atoms with Gasteiger partial charge < -0.3 is 0 Å². The number of halogens is 1. The lowest BCUT2D eigenvalue weighted by atomic mass is 10.2. The van der Waals surface area contributed by atoms with Crippen LogP contribution in [0, 0.1) is 6.92 Å². The number of nitrogens with one attached hydrogen (secondary N) is 1. The van der Waals surface area contributed by atoms with Crippen molar-refractivity contribution in [1.29, 1.82) is 0 Å². The number of hydrogen-bond donors (Lipinski definition) is 1. The van der Waals surface area contributed by atoms with Crippen molar-refractivity contribution >= 4 is 15.9 Å². The highest BCUT2D eigenvalue weighted by molar-refractivity contribution is 9.10. The van der Waals surface area contributed by atoms with Crippen LogP contribution >= 0.6 is 15.9 Å². The molecule has 0 amide bonds. The van der Waals surface area contributed by atoms with E-state index < -0.39 is 0 Å². The van der Waals surface area contributed by atoms with E-state index in [1.807, 2.05) is 32.4 Å². The highest BCUT2D eigenvalue weighted by atomic mass is 79.9. The maximum absolute atomic E-state index is 5.49. The summed E-state index contributed by atoms with van der Waals surface area (Å²) in [6.07, 6.45) is 0. The van der Waals surface area contributed by atoms with E-state index in [1.165, 1.54) is 0 Å². The van der Waals surface area contributed by atoms with Gasteiger partial charge in [-0.1, -0.05) is 0 Å². The fraction of sp³-hybridized carbons (Fsp3) is 0.727. The van der Waals surface area contributed by atoms with Crippen molar-refractivity contribution < 1.29 is 4.84 Å². The third-order valence-electron chi connectivity index (χ3n) is 2.07. The Morgan fingerprint density at radius 3 is 2.56 bits per heavy atom. The molecule has 4 nitrogen and oxygen atoms in total. The maximum atomic E-state index is 5.49. The van der Waals surface area contributed by atoms with Gasteiger partial charge >= 0.3 is 0 Å². The molecule has 1 N–H and O–H groups in total. The largest absolute Gasteiger partial charge is 0.296 e. The normalized spacial score (nSPS) is 12.1. The molecule has 92 valence electrons. The van der Waals surface area contributed by atoms with Crippen LogP contribution in [0.4, 0.5) is 0 Å². The van der Waals surface area contributed by atoms with Crippen molar-refractivity contribution in [3.8, 4) is 0 Å². The summed E-state index contributed by atoms with van der Waals surface area (Å²) in [7, 11) is 0. The first-order valence-corrected chi connectivity index (χ1v) is 6.27. The number of aromatic nitrogens is 2. The summed E-state index contributed by atoms with van der Waals surface area (Å²) in [4.78, 5) is 5.49. The Bertz CT molecular complexity index is 355. The van der Waals surface area contributed by atoms with Crippen LogP contribution in [0.2, 0.25) is 0 Å². The second-order valence-electron chi connectivity index (χ2n) is 4.70. The summed E-state index contributed by atoms with van der Waals surface area (Å²) >= 11 is 3.54. The molecule has 1 aromatic heterocycles. The molecule has 1 heterocycles. The highest BCUT2D eigenvalue weighted by Crippen LogP contribution is 2.21. The zero-order valence-corrected chi connectivity index (χ0v) is 12.2. The third-order valence-corrected chi connectivity index (χ3v) is 3.10. The molecule has 5 heteroatoms. The van der Waals surface area contributed by atoms with Crippen molar-refractivity contribution in [3.63, 3.8) is 0 Å². The molecule has 0 atom stereocenters. The molecule has 0 aliphatic heterocycles. The van der Waals surface area contributed by atoms with Crippen LogP contribution in [-0.2, 0) is 17.9 Å². The Balaban J connectivity index is 2.66. The van der Waals surface area contributed by atoms with Crippen molar-refractivity contribution in [2.45, 2.75) is 53.3 Å². The predicted molar refractivity (Wildman–Crippen MR) is 68.0 cm³/mol. The second kappa shape index (κ2) is 5.29. The Morgan fingerprint density at radius 2 is 2.06 bits per heavy atom. The molecule has 0 bridgehead atoms. The first-order chi connectivity index (χ1) is 7.35. The first-order valence-electron chi connectivity index (χ1n) is 5.47. The molecular formula is C11H20BrN3O. The fourth-order valence-electron chi connectivity index (χ4n) is 1.36. The minimum Gasteiger partial charge on any atom is -0.296 e. The van der Waals surface area contributed by atoms with Crippen molar-refractivity contribution in [3.05, 3.63) is 15.9 Å². The van der Waals surface area contributed by atoms with E-state index in [0.717, 1.165) is 22.4 Å². The van der Waals surface area contributed by atoms with E-state index in [9.17, 15) is 0 Å². The quantitative estimate of drug-likeness (QED) is 0.867. The van der Waals surface area contributed by atoms with Crippen molar-refractivity contribution in [1.82, 2.24) is 15.3 Å². The van der Waals surface area contributed by atoms with E-state index in [0.29, 0.717) is 6.54 Å². The highest BCUT2D eigenvalue weighted by Gasteiger charge is 2.14. The molecule has 0 aliphatic rings. The number of hydrogen-bond acceptors (Lipinski definition) is 3. The summed E-state index contributed by atoms with van der Waals surface area (Å²) in [6.45, 7) is 11.6. The van der Waals surface area contributed by atoms with Crippen LogP contribution in [0.5, 0.6) is 0 Å². The smallest absolute Gasteiger partial charge is 0.0813 e. The summed E-state index contributed by atoms with van der Waals surface area (Å²) in [6, 6.07) is 0. The molecule has 0 radical (unpaired) electrons. The topological polar surface area (TPSA) is 39.1 Å². The molecule has 1 rings (SSSR count). The SMILES string of the molecule is CCn1nc(C)c(Br)c1CNOC(C)(C)C. The molecule has 1 aromatic rings. The molecule has 0 aromatic carbocycles. The van der Waals surface area contributed by atoms with E-state index in [-0.39, 0.29) is 5.60 Å². The summed E-state index contributed by atoms with van der Waals surface area (Å²) < 4.78 is 3.03.